The number of methoxy groups -OCH3 is 1. The van der Waals surface area contributed by atoms with Crippen LogP contribution in [-0.4, -0.2) is 44.2 Å². The van der Waals surface area contributed by atoms with E-state index in [1.807, 2.05) is 0 Å². The molecular formula is C13H18N2O3. The summed E-state index contributed by atoms with van der Waals surface area (Å²) in [6, 6.07) is 5.22. The van der Waals surface area contributed by atoms with Crippen LogP contribution in [0.1, 0.15) is 16.8 Å². The fourth-order valence-electron chi connectivity index (χ4n) is 2.04. The predicted molar refractivity (Wildman–Crippen MR) is 68.7 cm³/mol. The van der Waals surface area contributed by atoms with E-state index in [1.165, 1.54) is 7.11 Å². The zero-order valence-electron chi connectivity index (χ0n) is 10.7. The third-order valence-corrected chi connectivity index (χ3v) is 3.25. The van der Waals surface area contributed by atoms with Gasteiger partial charge in [-0.1, -0.05) is 0 Å². The van der Waals surface area contributed by atoms with Gasteiger partial charge in [-0.3, -0.25) is 4.79 Å². The van der Waals surface area contributed by atoms with E-state index in [9.17, 15) is 4.79 Å². The molecule has 18 heavy (non-hydrogen) atoms. The quantitative estimate of drug-likeness (QED) is 0.817. The molecule has 0 aromatic heterocycles. The number of anilines is 1. The van der Waals surface area contributed by atoms with Gasteiger partial charge in [0.05, 0.1) is 25.4 Å². The van der Waals surface area contributed by atoms with Gasteiger partial charge in [-0.15, -0.1) is 0 Å². The van der Waals surface area contributed by atoms with Crippen LogP contribution in [0.25, 0.3) is 0 Å². The highest BCUT2D eigenvalue weighted by molar-refractivity contribution is 5.95. The van der Waals surface area contributed by atoms with Crippen molar-refractivity contribution in [1.29, 1.82) is 0 Å². The molecule has 1 amide bonds. The van der Waals surface area contributed by atoms with E-state index < -0.39 is 0 Å². The average molecular weight is 250 g/mol. The first-order chi connectivity index (χ1) is 8.63. The number of nitrogen functional groups attached to an aromatic ring is 1. The molecule has 98 valence electrons. The van der Waals surface area contributed by atoms with Crippen molar-refractivity contribution in [3.63, 3.8) is 0 Å². The van der Waals surface area contributed by atoms with Crippen molar-refractivity contribution in [3.8, 4) is 5.75 Å². The van der Waals surface area contributed by atoms with Crippen molar-refractivity contribution < 1.29 is 14.3 Å². The maximum Gasteiger partial charge on any atom is 0.254 e. The maximum absolute atomic E-state index is 12.3. The van der Waals surface area contributed by atoms with Gasteiger partial charge in [0.1, 0.15) is 5.75 Å². The number of rotatable bonds is 3. The Labute approximate surface area is 106 Å². The van der Waals surface area contributed by atoms with Crippen LogP contribution in [0.2, 0.25) is 0 Å². The molecule has 2 rings (SSSR count). The van der Waals surface area contributed by atoms with Crippen LogP contribution in [0, 0.1) is 0 Å². The number of carbonyl (C=O) groups excluding carboxylic acids is 1. The largest absolute Gasteiger partial charge is 0.495 e. The molecule has 1 saturated heterocycles. The first-order valence-electron chi connectivity index (χ1n) is 5.92. The van der Waals surface area contributed by atoms with E-state index >= 15 is 0 Å². The van der Waals surface area contributed by atoms with Crippen LogP contribution in [0.4, 0.5) is 5.69 Å². The summed E-state index contributed by atoms with van der Waals surface area (Å²) in [6.45, 7) is 1.32. The first kappa shape index (κ1) is 12.7. The number of carbonyl (C=O) groups is 1. The lowest BCUT2D eigenvalue weighted by Gasteiger charge is -2.23. The minimum Gasteiger partial charge on any atom is -0.495 e. The van der Waals surface area contributed by atoms with E-state index in [4.69, 9.17) is 15.2 Å². The summed E-state index contributed by atoms with van der Waals surface area (Å²) in [7, 11) is 3.33. The van der Waals surface area contributed by atoms with Crippen LogP contribution in [0.5, 0.6) is 5.75 Å². The van der Waals surface area contributed by atoms with Crippen LogP contribution < -0.4 is 10.5 Å². The SMILES string of the molecule is COc1cc(C(=O)N(C)C2CCOC2)ccc1N. The van der Waals surface area contributed by atoms with Gasteiger partial charge in [-0.25, -0.2) is 0 Å². The second-order valence-corrected chi connectivity index (χ2v) is 4.39. The molecular weight excluding hydrogens is 232 g/mol. The highest BCUT2D eigenvalue weighted by Crippen LogP contribution is 2.23. The first-order valence-corrected chi connectivity index (χ1v) is 5.92. The molecule has 2 N–H and O–H groups in total. The Kier molecular flexibility index (Phi) is 3.72. The summed E-state index contributed by atoms with van der Waals surface area (Å²) < 4.78 is 10.4. The fourth-order valence-corrected chi connectivity index (χ4v) is 2.04. The number of ether oxygens (including phenoxy) is 2. The monoisotopic (exact) mass is 250 g/mol. The molecule has 1 heterocycles. The molecule has 0 saturated carbocycles. The van der Waals surface area contributed by atoms with Gasteiger partial charge in [-0.05, 0) is 24.6 Å². The minimum atomic E-state index is -0.0381. The maximum atomic E-state index is 12.3. The molecule has 0 radical (unpaired) electrons. The summed E-state index contributed by atoms with van der Waals surface area (Å²) in [5.41, 5.74) is 6.84. The Hall–Kier alpha value is -1.75. The van der Waals surface area contributed by atoms with Gasteiger partial charge >= 0.3 is 0 Å². The van der Waals surface area contributed by atoms with Crippen molar-refractivity contribution >= 4 is 11.6 Å². The zero-order valence-corrected chi connectivity index (χ0v) is 10.7. The van der Waals surface area contributed by atoms with Crippen LogP contribution in [0.15, 0.2) is 18.2 Å². The van der Waals surface area contributed by atoms with E-state index in [2.05, 4.69) is 0 Å². The van der Waals surface area contributed by atoms with Gasteiger partial charge in [0.2, 0.25) is 0 Å². The van der Waals surface area contributed by atoms with Gasteiger partial charge in [0.25, 0.3) is 5.91 Å². The second kappa shape index (κ2) is 5.27. The lowest BCUT2D eigenvalue weighted by Crippen LogP contribution is -2.37. The van der Waals surface area contributed by atoms with Crippen molar-refractivity contribution in [2.75, 3.05) is 33.1 Å². The van der Waals surface area contributed by atoms with Crippen molar-refractivity contribution in [1.82, 2.24) is 4.90 Å². The Morgan fingerprint density at radius 3 is 2.94 bits per heavy atom. The number of hydrogen-bond acceptors (Lipinski definition) is 4. The Bertz CT molecular complexity index is 442. The van der Waals surface area contributed by atoms with E-state index in [0.29, 0.717) is 30.2 Å². The molecule has 0 spiro atoms. The molecule has 1 aromatic carbocycles. The number of hydrogen-bond donors (Lipinski definition) is 1. The van der Waals surface area contributed by atoms with E-state index in [0.717, 1.165) is 6.42 Å². The zero-order chi connectivity index (χ0) is 13.1. The van der Waals surface area contributed by atoms with E-state index in [-0.39, 0.29) is 11.9 Å². The van der Waals surface area contributed by atoms with Crippen LogP contribution in [0.3, 0.4) is 0 Å². The highest BCUT2D eigenvalue weighted by Gasteiger charge is 2.25. The van der Waals surface area contributed by atoms with Crippen molar-refractivity contribution in [2.24, 2.45) is 0 Å². The lowest BCUT2D eigenvalue weighted by atomic mass is 10.1. The van der Waals surface area contributed by atoms with Gasteiger partial charge in [0, 0.05) is 19.2 Å². The van der Waals surface area contributed by atoms with E-state index in [1.54, 1.807) is 30.1 Å². The minimum absolute atomic E-state index is 0.0381. The molecule has 1 fully saturated rings. The number of nitrogens with two attached hydrogens (primary N) is 1. The third-order valence-electron chi connectivity index (χ3n) is 3.25. The topological polar surface area (TPSA) is 64.8 Å². The van der Waals surface area contributed by atoms with Gasteiger partial charge in [0.15, 0.2) is 0 Å². The molecule has 5 nitrogen and oxygen atoms in total. The standard InChI is InChI=1S/C13H18N2O3/c1-15(10-5-6-18-8-10)13(16)9-3-4-11(14)12(7-9)17-2/h3-4,7,10H,5-6,8,14H2,1-2H3. The molecule has 1 unspecified atom stereocenters. The summed E-state index contributed by atoms with van der Waals surface area (Å²) >= 11 is 0. The van der Waals surface area contributed by atoms with Gasteiger partial charge in [-0.2, -0.15) is 0 Å². The number of nitrogens with zero attached hydrogens (tertiary/aromatic N) is 1. The summed E-state index contributed by atoms with van der Waals surface area (Å²) in [4.78, 5) is 14.0. The second-order valence-electron chi connectivity index (χ2n) is 4.39. The molecule has 1 aliphatic heterocycles. The number of benzene rings is 1. The van der Waals surface area contributed by atoms with Gasteiger partial charge < -0.3 is 20.1 Å². The van der Waals surface area contributed by atoms with Crippen LogP contribution in [-0.2, 0) is 4.74 Å². The molecule has 1 atom stereocenters. The molecule has 1 aromatic rings. The highest BCUT2D eigenvalue weighted by atomic mass is 16.5. The van der Waals surface area contributed by atoms with Crippen molar-refractivity contribution in [3.05, 3.63) is 23.8 Å². The average Bonchev–Trinajstić information content (AvgIpc) is 2.91. The Morgan fingerprint density at radius 1 is 1.56 bits per heavy atom. The molecule has 5 heteroatoms. The molecule has 1 aliphatic rings. The van der Waals surface area contributed by atoms with Crippen molar-refractivity contribution in [2.45, 2.75) is 12.5 Å². The smallest absolute Gasteiger partial charge is 0.254 e. The number of amides is 1. The lowest BCUT2D eigenvalue weighted by molar-refractivity contribution is 0.0711. The summed E-state index contributed by atoms with van der Waals surface area (Å²) in [5, 5.41) is 0. The van der Waals surface area contributed by atoms with Crippen LogP contribution >= 0.6 is 0 Å². The molecule has 0 aliphatic carbocycles. The number of likely N-dealkylation sites (N-methyl/N-ethyl adjacent to an activating group) is 1. The fraction of sp³-hybridized carbons (Fsp3) is 0.462. The summed E-state index contributed by atoms with van der Waals surface area (Å²) in [5.74, 6) is 0.487. The Morgan fingerprint density at radius 2 is 2.33 bits per heavy atom. The Balaban J connectivity index is 2.17. The summed E-state index contributed by atoms with van der Waals surface area (Å²) in [6.07, 6.45) is 0.883. The normalized spacial score (nSPS) is 18.7. The molecule has 0 bridgehead atoms. The predicted octanol–water partition coefficient (Wildman–Crippen LogP) is 1.14. The third kappa shape index (κ3) is 2.41.